The van der Waals surface area contributed by atoms with E-state index in [4.69, 9.17) is 10.5 Å². The van der Waals surface area contributed by atoms with Crippen molar-refractivity contribution in [1.82, 2.24) is 4.98 Å². The molecule has 1 heterocycles. The smallest absolute Gasteiger partial charge is 0.269 e. The predicted molar refractivity (Wildman–Crippen MR) is 89.5 cm³/mol. The summed E-state index contributed by atoms with van der Waals surface area (Å²) in [6, 6.07) is 5.29. The Kier molecular flexibility index (Phi) is 4.69. The van der Waals surface area contributed by atoms with Crippen molar-refractivity contribution in [3.05, 3.63) is 27.5 Å². The number of methoxy groups -OCH3 is 1. The fourth-order valence-corrected chi connectivity index (χ4v) is 2.95. The van der Waals surface area contributed by atoms with E-state index in [2.05, 4.69) is 26.2 Å². The minimum absolute atomic E-state index is 0.230. The molecule has 6 nitrogen and oxygen atoms in total. The van der Waals surface area contributed by atoms with E-state index in [0.29, 0.717) is 21.4 Å². The second-order valence-electron chi connectivity index (χ2n) is 4.41. The van der Waals surface area contributed by atoms with Crippen molar-refractivity contribution < 1.29 is 9.53 Å². The molecule has 0 aliphatic rings. The van der Waals surface area contributed by atoms with Crippen molar-refractivity contribution in [2.45, 2.75) is 0 Å². The number of aromatic nitrogens is 1. The van der Waals surface area contributed by atoms with E-state index < -0.39 is 0 Å². The van der Waals surface area contributed by atoms with Crippen LogP contribution in [0.4, 0.5) is 16.6 Å². The molecule has 0 aliphatic carbocycles. The first-order chi connectivity index (χ1) is 9.92. The van der Waals surface area contributed by atoms with Crippen LogP contribution in [0.2, 0.25) is 0 Å². The van der Waals surface area contributed by atoms with Crippen molar-refractivity contribution in [1.29, 1.82) is 0 Å². The number of hydrogen-bond acceptors (Lipinski definition) is 6. The molecule has 0 aliphatic heterocycles. The number of thiazole rings is 1. The molecular formula is C13H15BrN4O2S. The largest absolute Gasteiger partial charge is 0.496 e. The minimum atomic E-state index is -0.282. The van der Waals surface area contributed by atoms with Gasteiger partial charge >= 0.3 is 0 Å². The lowest BCUT2D eigenvalue weighted by atomic mass is 10.3. The number of carbonyl (C=O) groups is 1. The first-order valence-electron chi connectivity index (χ1n) is 6.01. The number of ether oxygens (including phenoxy) is 1. The van der Waals surface area contributed by atoms with E-state index in [9.17, 15) is 4.79 Å². The van der Waals surface area contributed by atoms with E-state index in [1.807, 2.05) is 19.0 Å². The van der Waals surface area contributed by atoms with Gasteiger partial charge in [-0.3, -0.25) is 4.79 Å². The number of nitrogens with two attached hydrogens (primary N) is 1. The first kappa shape index (κ1) is 15.6. The number of halogens is 1. The second-order valence-corrected chi connectivity index (χ2v) is 6.24. The quantitative estimate of drug-likeness (QED) is 0.864. The summed E-state index contributed by atoms with van der Waals surface area (Å²) in [6.07, 6.45) is 0. The van der Waals surface area contributed by atoms with Gasteiger partial charge in [-0.2, -0.15) is 0 Å². The molecular weight excluding hydrogens is 356 g/mol. The van der Waals surface area contributed by atoms with Gasteiger partial charge in [0.15, 0.2) is 5.13 Å². The van der Waals surface area contributed by atoms with Crippen LogP contribution >= 0.6 is 27.3 Å². The third kappa shape index (κ3) is 3.45. The number of amides is 1. The lowest BCUT2D eigenvalue weighted by molar-refractivity contribution is 0.103. The highest BCUT2D eigenvalue weighted by Gasteiger charge is 2.17. The van der Waals surface area contributed by atoms with E-state index in [-0.39, 0.29) is 11.7 Å². The van der Waals surface area contributed by atoms with E-state index in [1.165, 1.54) is 11.3 Å². The maximum absolute atomic E-state index is 12.3. The number of rotatable bonds is 4. The normalized spacial score (nSPS) is 10.3. The van der Waals surface area contributed by atoms with Crippen molar-refractivity contribution in [3.8, 4) is 5.75 Å². The van der Waals surface area contributed by atoms with E-state index in [0.717, 1.165) is 4.47 Å². The monoisotopic (exact) mass is 370 g/mol. The van der Waals surface area contributed by atoms with Gasteiger partial charge in [-0.15, -0.1) is 0 Å². The Labute approximate surface area is 135 Å². The van der Waals surface area contributed by atoms with Gasteiger partial charge in [-0.1, -0.05) is 11.3 Å². The third-order valence-corrected chi connectivity index (χ3v) is 4.50. The second kappa shape index (κ2) is 6.31. The SMILES string of the molecule is COc1ccc(NC(=O)c2sc(N(C)C)nc2N)cc1Br. The lowest BCUT2D eigenvalue weighted by Crippen LogP contribution is -2.12. The van der Waals surface area contributed by atoms with Gasteiger partial charge < -0.3 is 20.7 Å². The summed E-state index contributed by atoms with van der Waals surface area (Å²) in [7, 11) is 5.28. The Morgan fingerprint density at radius 2 is 2.19 bits per heavy atom. The Bertz CT molecular complexity index is 672. The van der Waals surface area contributed by atoms with Crippen LogP contribution in [0.15, 0.2) is 22.7 Å². The number of carbonyl (C=O) groups excluding carboxylic acids is 1. The number of anilines is 3. The molecule has 112 valence electrons. The molecule has 1 amide bonds. The molecule has 0 spiro atoms. The molecule has 0 fully saturated rings. The number of hydrogen-bond donors (Lipinski definition) is 2. The van der Waals surface area contributed by atoms with Gasteiger partial charge in [0.1, 0.15) is 16.4 Å². The molecule has 0 atom stereocenters. The van der Waals surface area contributed by atoms with Gasteiger partial charge in [0, 0.05) is 19.8 Å². The van der Waals surface area contributed by atoms with Crippen molar-refractivity contribution in [2.75, 3.05) is 37.2 Å². The van der Waals surface area contributed by atoms with E-state index in [1.54, 1.807) is 25.3 Å². The summed E-state index contributed by atoms with van der Waals surface area (Å²) < 4.78 is 5.90. The summed E-state index contributed by atoms with van der Waals surface area (Å²) in [5.74, 6) is 0.643. The molecule has 1 aromatic carbocycles. The van der Waals surface area contributed by atoms with Gasteiger partial charge in [0.05, 0.1) is 11.6 Å². The molecule has 0 saturated carbocycles. The first-order valence-corrected chi connectivity index (χ1v) is 7.62. The number of nitrogen functional groups attached to an aromatic ring is 1. The highest BCUT2D eigenvalue weighted by Crippen LogP contribution is 2.30. The zero-order chi connectivity index (χ0) is 15.6. The van der Waals surface area contributed by atoms with Crippen LogP contribution in [0.5, 0.6) is 5.75 Å². The van der Waals surface area contributed by atoms with Gasteiger partial charge in [-0.05, 0) is 34.1 Å². The molecule has 21 heavy (non-hydrogen) atoms. The Morgan fingerprint density at radius 3 is 2.71 bits per heavy atom. The number of benzene rings is 1. The number of nitrogens with one attached hydrogen (secondary N) is 1. The predicted octanol–water partition coefficient (Wildman–Crippen LogP) is 2.81. The van der Waals surface area contributed by atoms with Crippen molar-refractivity contribution in [3.63, 3.8) is 0 Å². The van der Waals surface area contributed by atoms with Crippen LogP contribution in [-0.2, 0) is 0 Å². The molecule has 8 heteroatoms. The van der Waals surface area contributed by atoms with Gasteiger partial charge in [0.2, 0.25) is 0 Å². The van der Waals surface area contributed by atoms with Crippen LogP contribution in [0.1, 0.15) is 9.67 Å². The maximum Gasteiger partial charge on any atom is 0.269 e. The molecule has 0 saturated heterocycles. The molecule has 0 unspecified atom stereocenters. The topological polar surface area (TPSA) is 80.5 Å². The van der Waals surface area contributed by atoms with Gasteiger partial charge in [0.25, 0.3) is 5.91 Å². The standard InChI is InChI=1S/C13H15BrN4O2S/c1-18(2)13-17-11(15)10(21-13)12(19)16-7-4-5-9(20-3)8(14)6-7/h4-6H,15H2,1-3H3,(H,16,19). The lowest BCUT2D eigenvalue weighted by Gasteiger charge is -2.07. The fraction of sp³-hybridized carbons (Fsp3) is 0.231. The van der Waals surface area contributed by atoms with Crippen LogP contribution in [0, 0.1) is 0 Å². The molecule has 0 bridgehead atoms. The summed E-state index contributed by atoms with van der Waals surface area (Å²) in [5.41, 5.74) is 6.44. The van der Waals surface area contributed by atoms with Crippen LogP contribution < -0.4 is 20.7 Å². The average molecular weight is 371 g/mol. The van der Waals surface area contributed by atoms with Crippen LogP contribution in [-0.4, -0.2) is 32.1 Å². The molecule has 2 rings (SSSR count). The highest BCUT2D eigenvalue weighted by molar-refractivity contribution is 9.10. The minimum Gasteiger partial charge on any atom is -0.496 e. The molecule has 2 aromatic rings. The number of nitrogens with zero attached hydrogens (tertiary/aromatic N) is 2. The maximum atomic E-state index is 12.3. The Hall–Kier alpha value is -1.80. The third-order valence-electron chi connectivity index (χ3n) is 2.64. The molecule has 0 radical (unpaired) electrons. The fourth-order valence-electron chi connectivity index (χ4n) is 1.61. The molecule has 1 aromatic heterocycles. The molecule has 3 N–H and O–H groups in total. The summed E-state index contributed by atoms with van der Waals surface area (Å²) >= 11 is 4.62. The average Bonchev–Trinajstić information content (AvgIpc) is 2.81. The highest BCUT2D eigenvalue weighted by atomic mass is 79.9. The summed E-state index contributed by atoms with van der Waals surface area (Å²) in [4.78, 5) is 18.6. The van der Waals surface area contributed by atoms with Crippen LogP contribution in [0.25, 0.3) is 0 Å². The zero-order valence-electron chi connectivity index (χ0n) is 11.8. The zero-order valence-corrected chi connectivity index (χ0v) is 14.2. The Morgan fingerprint density at radius 1 is 1.48 bits per heavy atom. The summed E-state index contributed by atoms with van der Waals surface area (Å²) in [5, 5.41) is 3.48. The summed E-state index contributed by atoms with van der Waals surface area (Å²) in [6.45, 7) is 0. The van der Waals surface area contributed by atoms with Gasteiger partial charge in [-0.25, -0.2) is 4.98 Å². The van der Waals surface area contributed by atoms with Crippen LogP contribution in [0.3, 0.4) is 0 Å². The van der Waals surface area contributed by atoms with E-state index >= 15 is 0 Å². The Balaban J connectivity index is 2.20. The van der Waals surface area contributed by atoms with Crippen molar-refractivity contribution >= 4 is 49.8 Å². The van der Waals surface area contributed by atoms with Crippen molar-refractivity contribution in [2.24, 2.45) is 0 Å².